The lowest BCUT2D eigenvalue weighted by Gasteiger charge is -2.24. The third-order valence-corrected chi connectivity index (χ3v) is 3.53. The molecule has 0 spiro atoms. The fourth-order valence-electron chi connectivity index (χ4n) is 2.46. The topological polar surface area (TPSA) is 71.1 Å². The van der Waals surface area contributed by atoms with Gasteiger partial charge in [0, 0.05) is 31.0 Å². The first kappa shape index (κ1) is 13.3. The van der Waals surface area contributed by atoms with Gasteiger partial charge in [-0.3, -0.25) is 14.6 Å². The second kappa shape index (κ2) is 5.75. The quantitative estimate of drug-likeness (QED) is 0.901. The van der Waals surface area contributed by atoms with Crippen LogP contribution in [0.5, 0.6) is 0 Å². The zero-order valence-electron chi connectivity index (χ0n) is 11.4. The number of aromatic nitrogens is 1. The summed E-state index contributed by atoms with van der Waals surface area (Å²) in [6, 6.07) is 11.1. The van der Waals surface area contributed by atoms with Crippen LogP contribution < -0.4 is 10.6 Å². The molecule has 21 heavy (non-hydrogen) atoms. The molecule has 5 nitrogen and oxygen atoms in total. The van der Waals surface area contributed by atoms with Gasteiger partial charge in [-0.15, -0.1) is 0 Å². The molecule has 2 aromatic rings. The van der Waals surface area contributed by atoms with Crippen LogP contribution in [0, 0.1) is 0 Å². The maximum absolute atomic E-state index is 12.4. The number of hydrogen-bond acceptors (Lipinski definition) is 3. The summed E-state index contributed by atoms with van der Waals surface area (Å²) >= 11 is 0. The summed E-state index contributed by atoms with van der Waals surface area (Å²) < 4.78 is 0. The highest BCUT2D eigenvalue weighted by Crippen LogP contribution is 2.31. The van der Waals surface area contributed by atoms with E-state index in [4.69, 9.17) is 0 Å². The van der Waals surface area contributed by atoms with Gasteiger partial charge in [-0.25, -0.2) is 0 Å². The molecular weight excluding hydrogens is 266 g/mol. The minimum atomic E-state index is -0.434. The number of fused-ring (bicyclic) bond motifs is 1. The van der Waals surface area contributed by atoms with Crippen molar-refractivity contribution in [2.75, 3.05) is 5.32 Å². The fraction of sp³-hybridized carbons (Fsp3) is 0.188. The molecule has 0 bridgehead atoms. The lowest BCUT2D eigenvalue weighted by molar-refractivity contribution is -0.126. The normalized spacial score (nSPS) is 16.8. The summed E-state index contributed by atoms with van der Waals surface area (Å²) in [5, 5.41) is 5.67. The van der Waals surface area contributed by atoms with Crippen LogP contribution in [0.1, 0.15) is 23.5 Å². The minimum absolute atomic E-state index is 0.127. The van der Waals surface area contributed by atoms with Gasteiger partial charge in [-0.05, 0) is 29.3 Å². The Morgan fingerprint density at radius 2 is 2.00 bits per heavy atom. The van der Waals surface area contributed by atoms with Crippen LogP contribution in [0.15, 0.2) is 48.8 Å². The fourth-order valence-corrected chi connectivity index (χ4v) is 2.46. The van der Waals surface area contributed by atoms with Crippen LogP contribution in [0.2, 0.25) is 0 Å². The SMILES string of the molecule is O=C1CC(C(=O)NCc2ccncc2)c2ccccc2N1. The summed E-state index contributed by atoms with van der Waals surface area (Å²) in [6.45, 7) is 0.432. The third kappa shape index (κ3) is 2.91. The van der Waals surface area contributed by atoms with E-state index < -0.39 is 5.92 Å². The highest BCUT2D eigenvalue weighted by molar-refractivity contribution is 6.01. The van der Waals surface area contributed by atoms with Crippen LogP contribution in [0.3, 0.4) is 0 Å². The molecule has 3 rings (SSSR count). The first-order valence-corrected chi connectivity index (χ1v) is 6.79. The highest BCUT2D eigenvalue weighted by Gasteiger charge is 2.30. The van der Waals surface area contributed by atoms with E-state index in [1.165, 1.54) is 0 Å². The monoisotopic (exact) mass is 281 g/mol. The van der Waals surface area contributed by atoms with Crippen LogP contribution in [0.4, 0.5) is 5.69 Å². The van der Waals surface area contributed by atoms with Crippen LogP contribution >= 0.6 is 0 Å². The Balaban J connectivity index is 1.74. The van der Waals surface area contributed by atoms with Crippen molar-refractivity contribution in [2.24, 2.45) is 0 Å². The zero-order chi connectivity index (χ0) is 14.7. The van der Waals surface area contributed by atoms with Crippen molar-refractivity contribution in [2.45, 2.75) is 18.9 Å². The molecule has 1 unspecified atom stereocenters. The molecular formula is C16H15N3O2. The number of benzene rings is 1. The van der Waals surface area contributed by atoms with Gasteiger partial charge in [0.15, 0.2) is 0 Å². The number of pyridine rings is 1. The van der Waals surface area contributed by atoms with Gasteiger partial charge in [-0.1, -0.05) is 18.2 Å². The average Bonchev–Trinajstić information content (AvgIpc) is 2.52. The van der Waals surface area contributed by atoms with Gasteiger partial charge >= 0.3 is 0 Å². The van der Waals surface area contributed by atoms with E-state index in [0.717, 1.165) is 16.8 Å². The van der Waals surface area contributed by atoms with Crippen molar-refractivity contribution in [3.8, 4) is 0 Å². The van der Waals surface area contributed by atoms with E-state index in [9.17, 15) is 9.59 Å². The van der Waals surface area contributed by atoms with Crippen LogP contribution in [-0.4, -0.2) is 16.8 Å². The lowest BCUT2D eigenvalue weighted by Crippen LogP contribution is -2.34. The van der Waals surface area contributed by atoms with Crippen LogP contribution in [0.25, 0.3) is 0 Å². The van der Waals surface area contributed by atoms with Crippen molar-refractivity contribution in [3.05, 3.63) is 59.9 Å². The van der Waals surface area contributed by atoms with E-state index in [0.29, 0.717) is 6.54 Å². The first-order chi connectivity index (χ1) is 10.2. The van der Waals surface area contributed by atoms with Crippen LogP contribution in [-0.2, 0) is 16.1 Å². The second-order valence-corrected chi connectivity index (χ2v) is 4.97. The molecule has 106 valence electrons. The van der Waals surface area contributed by atoms with Gasteiger partial charge in [0.05, 0.1) is 5.92 Å². The molecule has 2 amide bonds. The number of anilines is 1. The first-order valence-electron chi connectivity index (χ1n) is 6.79. The van der Waals surface area contributed by atoms with Gasteiger partial charge in [-0.2, -0.15) is 0 Å². The predicted octanol–water partition coefficient (Wildman–Crippen LogP) is 1.82. The number of hydrogen-bond donors (Lipinski definition) is 2. The van der Waals surface area contributed by atoms with Gasteiger partial charge < -0.3 is 10.6 Å². The number of para-hydroxylation sites is 1. The molecule has 1 aromatic carbocycles. The third-order valence-electron chi connectivity index (χ3n) is 3.53. The Labute approximate surface area is 122 Å². The number of carbonyl (C=O) groups is 2. The average molecular weight is 281 g/mol. The molecule has 1 aliphatic rings. The number of rotatable bonds is 3. The molecule has 1 atom stereocenters. The zero-order valence-corrected chi connectivity index (χ0v) is 11.4. The predicted molar refractivity (Wildman–Crippen MR) is 78.5 cm³/mol. The summed E-state index contributed by atoms with van der Waals surface area (Å²) in [6.07, 6.45) is 3.55. The smallest absolute Gasteiger partial charge is 0.228 e. The molecule has 2 N–H and O–H groups in total. The van der Waals surface area contributed by atoms with Gasteiger partial charge in [0.2, 0.25) is 11.8 Å². The number of carbonyl (C=O) groups excluding carboxylic acids is 2. The molecule has 0 saturated heterocycles. The molecule has 1 aromatic heterocycles. The molecule has 5 heteroatoms. The van der Waals surface area contributed by atoms with Crippen molar-refractivity contribution >= 4 is 17.5 Å². The summed E-state index contributed by atoms with van der Waals surface area (Å²) in [5.41, 5.74) is 2.56. The van der Waals surface area contributed by atoms with E-state index in [1.807, 2.05) is 36.4 Å². The Morgan fingerprint density at radius 1 is 1.24 bits per heavy atom. The summed E-state index contributed by atoms with van der Waals surface area (Å²) in [4.78, 5) is 28.0. The van der Waals surface area contributed by atoms with Crippen molar-refractivity contribution in [1.82, 2.24) is 10.3 Å². The summed E-state index contributed by atoms with van der Waals surface area (Å²) in [5.74, 6) is -0.691. The standard InChI is InChI=1S/C16H15N3O2/c20-15-9-13(12-3-1-2-4-14(12)19-15)16(21)18-10-11-5-7-17-8-6-11/h1-8,13H,9-10H2,(H,18,21)(H,19,20). The Hall–Kier alpha value is -2.69. The van der Waals surface area contributed by atoms with E-state index in [-0.39, 0.29) is 18.2 Å². The molecule has 0 fully saturated rings. The molecule has 0 aliphatic carbocycles. The number of amides is 2. The Bertz CT molecular complexity index is 670. The Morgan fingerprint density at radius 3 is 2.81 bits per heavy atom. The number of nitrogens with zero attached hydrogens (tertiary/aromatic N) is 1. The van der Waals surface area contributed by atoms with E-state index in [2.05, 4.69) is 15.6 Å². The lowest BCUT2D eigenvalue weighted by atomic mass is 9.90. The van der Waals surface area contributed by atoms with Gasteiger partial charge in [0.1, 0.15) is 0 Å². The molecule has 2 heterocycles. The van der Waals surface area contributed by atoms with Crippen molar-refractivity contribution in [3.63, 3.8) is 0 Å². The molecule has 0 radical (unpaired) electrons. The molecule has 1 aliphatic heterocycles. The van der Waals surface area contributed by atoms with Crippen molar-refractivity contribution < 1.29 is 9.59 Å². The second-order valence-electron chi connectivity index (χ2n) is 4.97. The van der Waals surface area contributed by atoms with E-state index >= 15 is 0 Å². The largest absolute Gasteiger partial charge is 0.351 e. The maximum Gasteiger partial charge on any atom is 0.228 e. The highest BCUT2D eigenvalue weighted by atomic mass is 16.2. The Kier molecular flexibility index (Phi) is 3.64. The van der Waals surface area contributed by atoms with E-state index in [1.54, 1.807) is 12.4 Å². The minimum Gasteiger partial charge on any atom is -0.351 e. The number of nitrogens with one attached hydrogen (secondary N) is 2. The van der Waals surface area contributed by atoms with Crippen molar-refractivity contribution in [1.29, 1.82) is 0 Å². The maximum atomic E-state index is 12.4. The summed E-state index contributed by atoms with van der Waals surface area (Å²) in [7, 11) is 0. The molecule has 0 saturated carbocycles. The van der Waals surface area contributed by atoms with Gasteiger partial charge in [0.25, 0.3) is 0 Å².